The summed E-state index contributed by atoms with van der Waals surface area (Å²) in [7, 11) is 0. The van der Waals surface area contributed by atoms with Gasteiger partial charge in [0.2, 0.25) is 5.95 Å². The zero-order chi connectivity index (χ0) is 40.4. The van der Waals surface area contributed by atoms with Crippen LogP contribution >= 0.6 is 11.3 Å². The van der Waals surface area contributed by atoms with Crippen LogP contribution in [-0.4, -0.2) is 15.0 Å². The summed E-state index contributed by atoms with van der Waals surface area (Å²) in [6, 6.07) is 59.4. The van der Waals surface area contributed by atoms with Gasteiger partial charge in [0.05, 0.1) is 11.1 Å². The second-order valence-electron chi connectivity index (χ2n) is 16.4. The maximum atomic E-state index is 6.51. The summed E-state index contributed by atoms with van der Waals surface area (Å²) in [5.74, 6) is 1.65. The molecule has 0 unspecified atom stereocenters. The Morgan fingerprint density at radius 3 is 2.03 bits per heavy atom. The summed E-state index contributed by atoms with van der Waals surface area (Å²) in [6.45, 7) is 4.62. The van der Waals surface area contributed by atoms with Crippen molar-refractivity contribution in [2.24, 2.45) is 0 Å². The molecular weight excluding hydrogens is 769 g/mol. The van der Waals surface area contributed by atoms with Gasteiger partial charge in [-0.05, 0) is 89.0 Å². The Balaban J connectivity index is 1.12. The monoisotopic (exact) mass is 802 g/mol. The van der Waals surface area contributed by atoms with Crippen LogP contribution in [-0.2, 0) is 5.41 Å². The van der Waals surface area contributed by atoms with Crippen molar-refractivity contribution in [3.05, 3.63) is 181 Å². The van der Waals surface area contributed by atoms with Gasteiger partial charge in [0.15, 0.2) is 11.6 Å². The number of thiophene rings is 1. The van der Waals surface area contributed by atoms with Crippen LogP contribution < -0.4 is 4.90 Å². The molecule has 0 saturated carbocycles. The molecule has 0 aliphatic heterocycles. The van der Waals surface area contributed by atoms with Crippen molar-refractivity contribution in [2.75, 3.05) is 4.90 Å². The highest BCUT2D eigenvalue weighted by molar-refractivity contribution is 7.26. The van der Waals surface area contributed by atoms with Crippen LogP contribution in [0.15, 0.2) is 179 Å². The van der Waals surface area contributed by atoms with Crippen LogP contribution in [0.2, 0.25) is 0 Å². The highest BCUT2D eigenvalue weighted by Crippen LogP contribution is 2.51. The Morgan fingerprint density at radius 2 is 1.13 bits per heavy atom. The quantitative estimate of drug-likeness (QED) is 0.173. The van der Waals surface area contributed by atoms with Gasteiger partial charge in [-0.25, -0.2) is 4.98 Å². The van der Waals surface area contributed by atoms with Crippen LogP contribution in [0.25, 0.3) is 98.0 Å². The Bertz CT molecular complexity index is 3780. The first kappa shape index (κ1) is 34.3. The highest BCUT2D eigenvalue weighted by atomic mass is 32.1. The lowest BCUT2D eigenvalue weighted by molar-refractivity contribution is 0.660. The van der Waals surface area contributed by atoms with E-state index in [4.69, 9.17) is 23.8 Å². The third-order valence-corrected chi connectivity index (χ3v) is 13.8. The van der Waals surface area contributed by atoms with Gasteiger partial charge >= 0.3 is 0 Å². The van der Waals surface area contributed by atoms with E-state index in [1.165, 1.54) is 37.7 Å². The second-order valence-corrected chi connectivity index (χ2v) is 17.4. The molecule has 6 nitrogen and oxygen atoms in total. The van der Waals surface area contributed by atoms with Crippen LogP contribution in [0.5, 0.6) is 0 Å². The summed E-state index contributed by atoms with van der Waals surface area (Å²) in [5.41, 5.74) is 11.8. The van der Waals surface area contributed by atoms with Crippen molar-refractivity contribution in [2.45, 2.75) is 19.3 Å². The fourth-order valence-electron chi connectivity index (χ4n) is 9.65. The Morgan fingerprint density at radius 1 is 0.475 bits per heavy atom. The van der Waals surface area contributed by atoms with Crippen LogP contribution in [0, 0.1) is 0 Å². The average molecular weight is 803 g/mol. The van der Waals surface area contributed by atoms with E-state index in [2.05, 4.69) is 146 Å². The molecule has 0 atom stereocenters. The maximum Gasteiger partial charge on any atom is 0.238 e. The van der Waals surface area contributed by atoms with E-state index in [-0.39, 0.29) is 5.41 Å². The summed E-state index contributed by atoms with van der Waals surface area (Å²) < 4.78 is 15.1. The first-order valence-corrected chi connectivity index (χ1v) is 21.3. The fourth-order valence-corrected chi connectivity index (χ4v) is 10.9. The van der Waals surface area contributed by atoms with E-state index in [9.17, 15) is 0 Å². The molecule has 13 rings (SSSR count). The third-order valence-electron chi connectivity index (χ3n) is 12.6. The lowest BCUT2D eigenvalue weighted by atomic mass is 9.82. The second kappa shape index (κ2) is 12.7. The molecule has 0 saturated heterocycles. The lowest BCUT2D eigenvalue weighted by Crippen LogP contribution is -2.17. The molecule has 1 aliphatic carbocycles. The minimum atomic E-state index is -0.150. The first-order valence-electron chi connectivity index (χ1n) is 20.5. The number of fused-ring (bicyclic) bond motifs is 12. The van der Waals surface area contributed by atoms with E-state index in [1.807, 2.05) is 42.5 Å². The van der Waals surface area contributed by atoms with E-state index in [0.717, 1.165) is 71.1 Å². The average Bonchev–Trinajstić information content (AvgIpc) is 4.04. The van der Waals surface area contributed by atoms with Crippen LogP contribution in [0.3, 0.4) is 0 Å². The van der Waals surface area contributed by atoms with Crippen molar-refractivity contribution in [1.82, 2.24) is 15.0 Å². The zero-order valence-corrected chi connectivity index (χ0v) is 34.0. The van der Waals surface area contributed by atoms with Crippen LogP contribution in [0.1, 0.15) is 25.0 Å². The molecule has 0 N–H and O–H groups in total. The van der Waals surface area contributed by atoms with Gasteiger partial charge < -0.3 is 8.83 Å². The minimum Gasteiger partial charge on any atom is -0.456 e. The van der Waals surface area contributed by atoms with Crippen molar-refractivity contribution in [3.63, 3.8) is 0 Å². The number of hydrogen-bond donors (Lipinski definition) is 0. The van der Waals surface area contributed by atoms with Crippen molar-refractivity contribution >= 4 is 92.7 Å². The number of para-hydroxylation sites is 2. The van der Waals surface area contributed by atoms with Gasteiger partial charge in [-0.3, -0.25) is 4.90 Å². The summed E-state index contributed by atoms with van der Waals surface area (Å²) in [5, 5.41) is 6.46. The maximum absolute atomic E-state index is 6.51. The van der Waals surface area contributed by atoms with Crippen molar-refractivity contribution in [3.8, 4) is 33.9 Å². The van der Waals surface area contributed by atoms with E-state index < -0.39 is 0 Å². The number of anilines is 3. The molecule has 4 aromatic heterocycles. The fraction of sp³-hybridized carbons (Fsp3) is 0.0556. The van der Waals surface area contributed by atoms with Crippen molar-refractivity contribution in [1.29, 1.82) is 0 Å². The molecule has 61 heavy (non-hydrogen) atoms. The molecule has 1 aliphatic rings. The molecular formula is C54H34N4O2S. The molecule has 0 spiro atoms. The third kappa shape index (κ3) is 5.04. The topological polar surface area (TPSA) is 68.2 Å². The molecule has 0 fully saturated rings. The molecule has 0 bridgehead atoms. The summed E-state index contributed by atoms with van der Waals surface area (Å²) in [6.07, 6.45) is 0. The predicted octanol–water partition coefficient (Wildman–Crippen LogP) is 15.1. The van der Waals surface area contributed by atoms with Gasteiger partial charge in [0.1, 0.15) is 22.3 Å². The van der Waals surface area contributed by atoms with Gasteiger partial charge in [0, 0.05) is 58.6 Å². The SMILES string of the molecule is CC1(C)c2ccccc2-c2cc(N(c3nc(-c4ccc5oc6ccccc6c5c4)nc(-c4cccc5c4sc4ccccc45)n3)c3cccc4oc5ccccc5c34)ccc21. The number of hydrogen-bond acceptors (Lipinski definition) is 7. The minimum absolute atomic E-state index is 0.150. The molecule has 0 amide bonds. The molecule has 12 aromatic rings. The van der Waals surface area contributed by atoms with Gasteiger partial charge in [-0.2, -0.15) is 9.97 Å². The van der Waals surface area contributed by atoms with E-state index in [0.29, 0.717) is 17.6 Å². The smallest absolute Gasteiger partial charge is 0.238 e. The summed E-state index contributed by atoms with van der Waals surface area (Å²) >= 11 is 1.77. The number of rotatable bonds is 5. The molecule has 7 heteroatoms. The molecule has 288 valence electrons. The predicted molar refractivity (Wildman–Crippen MR) is 250 cm³/mol. The molecule has 0 radical (unpaired) electrons. The van der Waals surface area contributed by atoms with E-state index in [1.54, 1.807) is 11.3 Å². The Kier molecular flexibility index (Phi) is 7.13. The summed E-state index contributed by atoms with van der Waals surface area (Å²) in [4.78, 5) is 18.5. The molecule has 8 aromatic carbocycles. The van der Waals surface area contributed by atoms with Crippen LogP contribution in [0.4, 0.5) is 17.3 Å². The highest BCUT2D eigenvalue weighted by Gasteiger charge is 2.36. The Labute approximate surface area is 354 Å². The number of furan rings is 2. The standard InChI is InChI=1S/C54H34N4O2S/c1-54(2)41-19-7-3-13-33(41)39-30-32(26-27-42(39)54)58(43-20-12-23-47-49(43)37-16-5-9-22-45(37)60-47)53-56-51(31-25-28-46-40(29-31)34-14-4-8-21-44(34)59-46)55-52(57-53)38-18-11-17-36-35-15-6-10-24-48(35)61-50(36)38/h3-30H,1-2H3. The van der Waals surface area contributed by atoms with Gasteiger partial charge in [-0.1, -0.05) is 117 Å². The van der Waals surface area contributed by atoms with E-state index >= 15 is 0 Å². The number of nitrogens with zero attached hydrogens (tertiary/aromatic N) is 4. The molecule has 4 heterocycles. The number of aromatic nitrogens is 3. The van der Waals surface area contributed by atoms with Crippen molar-refractivity contribution < 1.29 is 8.83 Å². The Hall–Kier alpha value is -7.61. The lowest BCUT2D eigenvalue weighted by Gasteiger charge is -2.26. The normalized spacial score (nSPS) is 13.2. The largest absolute Gasteiger partial charge is 0.456 e. The van der Waals surface area contributed by atoms with Gasteiger partial charge in [-0.15, -0.1) is 11.3 Å². The first-order chi connectivity index (χ1) is 30.0. The zero-order valence-electron chi connectivity index (χ0n) is 33.2. The number of benzene rings is 8. The van der Waals surface area contributed by atoms with Gasteiger partial charge in [0.25, 0.3) is 0 Å².